The molecule has 1 aliphatic carbocycles. The summed E-state index contributed by atoms with van der Waals surface area (Å²) in [6.45, 7) is 20.7. The summed E-state index contributed by atoms with van der Waals surface area (Å²) >= 11 is 0. The SMILES string of the molecule is CC(C)(C)CCN1CCN(C2(C(C)(C)C)CC2)CC1. The molecule has 2 heteroatoms. The van der Waals surface area contributed by atoms with Crippen molar-refractivity contribution in [2.24, 2.45) is 10.8 Å². The summed E-state index contributed by atoms with van der Waals surface area (Å²) in [6.07, 6.45) is 4.15. The summed E-state index contributed by atoms with van der Waals surface area (Å²) in [5, 5.41) is 0. The van der Waals surface area contributed by atoms with Crippen molar-refractivity contribution in [3.8, 4) is 0 Å². The molecule has 2 aliphatic rings. The fraction of sp³-hybridized carbons (Fsp3) is 1.00. The highest BCUT2D eigenvalue weighted by molar-refractivity contribution is 5.11. The van der Waals surface area contributed by atoms with Gasteiger partial charge in [-0.3, -0.25) is 4.90 Å². The third-order valence-electron chi connectivity index (χ3n) is 5.28. The van der Waals surface area contributed by atoms with E-state index in [4.69, 9.17) is 0 Å². The molecule has 0 aromatic heterocycles. The van der Waals surface area contributed by atoms with Gasteiger partial charge in [-0.2, -0.15) is 0 Å². The van der Waals surface area contributed by atoms with E-state index in [2.05, 4.69) is 51.3 Å². The van der Waals surface area contributed by atoms with Crippen molar-refractivity contribution in [2.45, 2.75) is 66.3 Å². The normalized spacial score (nSPS) is 25.6. The van der Waals surface area contributed by atoms with Crippen LogP contribution in [0.2, 0.25) is 0 Å². The lowest BCUT2D eigenvalue weighted by Crippen LogP contribution is -2.55. The Balaban J connectivity index is 1.80. The van der Waals surface area contributed by atoms with E-state index in [-0.39, 0.29) is 0 Å². The minimum Gasteiger partial charge on any atom is -0.301 e. The lowest BCUT2D eigenvalue weighted by atomic mass is 9.82. The fourth-order valence-corrected chi connectivity index (χ4v) is 3.55. The van der Waals surface area contributed by atoms with E-state index in [0.717, 1.165) is 0 Å². The van der Waals surface area contributed by atoms with Crippen molar-refractivity contribution < 1.29 is 0 Å². The average molecular weight is 266 g/mol. The first-order chi connectivity index (χ1) is 8.64. The molecule has 0 atom stereocenters. The Morgan fingerprint density at radius 2 is 1.37 bits per heavy atom. The largest absolute Gasteiger partial charge is 0.301 e. The van der Waals surface area contributed by atoms with E-state index in [9.17, 15) is 0 Å². The molecule has 1 saturated carbocycles. The second kappa shape index (κ2) is 5.04. The molecule has 0 aromatic rings. The van der Waals surface area contributed by atoms with Crippen LogP contribution in [-0.4, -0.2) is 48.1 Å². The van der Waals surface area contributed by atoms with Gasteiger partial charge in [0.1, 0.15) is 0 Å². The monoisotopic (exact) mass is 266 g/mol. The van der Waals surface area contributed by atoms with Crippen LogP contribution in [0.3, 0.4) is 0 Å². The molecule has 1 aliphatic heterocycles. The highest BCUT2D eigenvalue weighted by atomic mass is 15.3. The zero-order chi connectivity index (χ0) is 14.3. The molecule has 0 amide bonds. The third-order valence-corrected chi connectivity index (χ3v) is 5.28. The standard InChI is InChI=1S/C17H34N2/c1-15(2,3)9-10-18-11-13-19(14-12-18)17(7-8-17)16(4,5)6/h7-14H2,1-6H3. The molecule has 112 valence electrons. The number of nitrogens with zero attached hydrogens (tertiary/aromatic N) is 2. The van der Waals surface area contributed by atoms with Crippen molar-refractivity contribution in [2.75, 3.05) is 32.7 Å². The summed E-state index contributed by atoms with van der Waals surface area (Å²) in [4.78, 5) is 5.46. The van der Waals surface area contributed by atoms with E-state index in [0.29, 0.717) is 16.4 Å². The van der Waals surface area contributed by atoms with Crippen molar-refractivity contribution in [3.63, 3.8) is 0 Å². The molecule has 0 spiro atoms. The molecule has 0 bridgehead atoms. The van der Waals surface area contributed by atoms with E-state index in [1.165, 1.54) is 52.0 Å². The van der Waals surface area contributed by atoms with Gasteiger partial charge in [0.05, 0.1) is 0 Å². The Labute approximate surface area is 120 Å². The van der Waals surface area contributed by atoms with Gasteiger partial charge in [0.25, 0.3) is 0 Å². The smallest absolute Gasteiger partial charge is 0.0260 e. The Morgan fingerprint density at radius 1 is 0.842 bits per heavy atom. The average Bonchev–Trinajstić information content (AvgIpc) is 3.06. The van der Waals surface area contributed by atoms with Crippen molar-refractivity contribution in [3.05, 3.63) is 0 Å². The van der Waals surface area contributed by atoms with Crippen LogP contribution >= 0.6 is 0 Å². The van der Waals surface area contributed by atoms with Crippen molar-refractivity contribution in [1.82, 2.24) is 9.80 Å². The van der Waals surface area contributed by atoms with Crippen LogP contribution in [0.15, 0.2) is 0 Å². The van der Waals surface area contributed by atoms with E-state index in [1.807, 2.05) is 0 Å². The summed E-state index contributed by atoms with van der Waals surface area (Å²) < 4.78 is 0. The first kappa shape index (κ1) is 15.3. The molecule has 0 N–H and O–H groups in total. The van der Waals surface area contributed by atoms with Crippen molar-refractivity contribution >= 4 is 0 Å². The van der Waals surface area contributed by atoms with Crippen LogP contribution in [0.4, 0.5) is 0 Å². The molecule has 2 fully saturated rings. The molecule has 0 unspecified atom stereocenters. The molecular formula is C17H34N2. The van der Waals surface area contributed by atoms with Gasteiger partial charge >= 0.3 is 0 Å². The second-order valence-corrected chi connectivity index (χ2v) is 8.92. The quantitative estimate of drug-likeness (QED) is 0.770. The van der Waals surface area contributed by atoms with E-state index < -0.39 is 0 Å². The maximum Gasteiger partial charge on any atom is 0.0260 e. The van der Waals surface area contributed by atoms with Gasteiger partial charge in [0.2, 0.25) is 0 Å². The summed E-state index contributed by atoms with van der Waals surface area (Å²) in [5.74, 6) is 0. The summed E-state index contributed by atoms with van der Waals surface area (Å²) in [7, 11) is 0. The molecule has 2 nitrogen and oxygen atoms in total. The first-order valence-corrected chi connectivity index (χ1v) is 8.12. The molecule has 0 aromatic carbocycles. The van der Waals surface area contributed by atoms with Crippen LogP contribution < -0.4 is 0 Å². The molecule has 1 saturated heterocycles. The second-order valence-electron chi connectivity index (χ2n) is 8.92. The lowest BCUT2D eigenvalue weighted by molar-refractivity contribution is 0.0265. The first-order valence-electron chi connectivity index (χ1n) is 8.12. The van der Waals surface area contributed by atoms with Gasteiger partial charge in [-0.25, -0.2) is 0 Å². The van der Waals surface area contributed by atoms with Crippen LogP contribution in [0.25, 0.3) is 0 Å². The van der Waals surface area contributed by atoms with Gasteiger partial charge in [0.15, 0.2) is 0 Å². The zero-order valence-electron chi connectivity index (χ0n) is 14.1. The summed E-state index contributed by atoms with van der Waals surface area (Å²) in [5.41, 5.74) is 1.45. The topological polar surface area (TPSA) is 6.48 Å². The number of piperazine rings is 1. The highest BCUT2D eigenvalue weighted by Gasteiger charge is 2.55. The minimum absolute atomic E-state index is 0.445. The Kier molecular flexibility index (Phi) is 4.06. The maximum atomic E-state index is 2.79. The minimum atomic E-state index is 0.445. The highest BCUT2D eigenvalue weighted by Crippen LogP contribution is 2.54. The fourth-order valence-electron chi connectivity index (χ4n) is 3.55. The molecule has 19 heavy (non-hydrogen) atoms. The third kappa shape index (κ3) is 3.52. The van der Waals surface area contributed by atoms with Crippen LogP contribution in [0.1, 0.15) is 60.8 Å². The predicted molar refractivity (Wildman–Crippen MR) is 83.5 cm³/mol. The molecule has 2 rings (SSSR count). The summed E-state index contributed by atoms with van der Waals surface area (Å²) in [6, 6.07) is 0. The van der Waals surface area contributed by atoms with Crippen LogP contribution in [0.5, 0.6) is 0 Å². The van der Waals surface area contributed by atoms with Gasteiger partial charge in [-0.05, 0) is 36.6 Å². The molecular weight excluding hydrogens is 232 g/mol. The molecule has 1 heterocycles. The Morgan fingerprint density at radius 3 is 1.74 bits per heavy atom. The number of hydrogen-bond donors (Lipinski definition) is 0. The number of rotatable bonds is 3. The van der Waals surface area contributed by atoms with Gasteiger partial charge in [-0.1, -0.05) is 41.5 Å². The van der Waals surface area contributed by atoms with Gasteiger partial charge in [0, 0.05) is 31.7 Å². The van der Waals surface area contributed by atoms with Crippen LogP contribution in [0, 0.1) is 10.8 Å². The zero-order valence-corrected chi connectivity index (χ0v) is 14.1. The van der Waals surface area contributed by atoms with Gasteiger partial charge < -0.3 is 4.90 Å². The Hall–Kier alpha value is -0.0800. The predicted octanol–water partition coefficient (Wildman–Crippen LogP) is 3.62. The van der Waals surface area contributed by atoms with Crippen molar-refractivity contribution in [1.29, 1.82) is 0 Å². The lowest BCUT2D eigenvalue weighted by Gasteiger charge is -2.45. The Bertz CT molecular complexity index is 296. The van der Waals surface area contributed by atoms with Crippen LogP contribution in [-0.2, 0) is 0 Å². The maximum absolute atomic E-state index is 2.79. The van der Waals surface area contributed by atoms with Gasteiger partial charge in [-0.15, -0.1) is 0 Å². The van der Waals surface area contributed by atoms with E-state index in [1.54, 1.807) is 0 Å². The molecule has 0 radical (unpaired) electrons. The van der Waals surface area contributed by atoms with E-state index >= 15 is 0 Å². The number of hydrogen-bond acceptors (Lipinski definition) is 2.